The summed E-state index contributed by atoms with van der Waals surface area (Å²) in [6, 6.07) is 9.17. The molecule has 0 spiro atoms. The largest absolute Gasteiger partial charge is 0.444 e. The van der Waals surface area contributed by atoms with E-state index >= 15 is 0 Å². The highest BCUT2D eigenvalue weighted by atomic mass is 32.1. The van der Waals surface area contributed by atoms with Crippen molar-refractivity contribution < 1.29 is 14.3 Å². The smallest absolute Gasteiger partial charge is 0.340 e. The first-order valence-electron chi connectivity index (χ1n) is 8.14. The molecule has 0 radical (unpaired) electrons. The van der Waals surface area contributed by atoms with Crippen LogP contribution in [0.5, 0.6) is 0 Å². The second kappa shape index (κ2) is 7.18. The minimum Gasteiger partial charge on any atom is -0.444 e. The fourth-order valence-corrected chi connectivity index (χ4v) is 4.07. The minimum atomic E-state index is -0.909. The number of esters is 1. The van der Waals surface area contributed by atoms with Gasteiger partial charge in [0.15, 0.2) is 0 Å². The van der Waals surface area contributed by atoms with E-state index in [1.165, 1.54) is 16.2 Å². The molecule has 0 N–H and O–H groups in total. The van der Waals surface area contributed by atoms with Gasteiger partial charge in [-0.2, -0.15) is 0 Å². The van der Waals surface area contributed by atoms with Crippen LogP contribution in [0.15, 0.2) is 35.7 Å². The van der Waals surface area contributed by atoms with E-state index in [2.05, 4.69) is 0 Å². The number of amides is 1. The van der Waals surface area contributed by atoms with Crippen molar-refractivity contribution >= 4 is 23.2 Å². The molecular formula is C19H21NO3S. The van der Waals surface area contributed by atoms with Crippen molar-refractivity contribution in [1.82, 2.24) is 4.90 Å². The third kappa shape index (κ3) is 3.36. The van der Waals surface area contributed by atoms with Gasteiger partial charge in [-0.05, 0) is 31.2 Å². The number of nitrogens with zero attached hydrogens (tertiary/aromatic N) is 1. The summed E-state index contributed by atoms with van der Waals surface area (Å²) < 4.78 is 5.65. The van der Waals surface area contributed by atoms with Gasteiger partial charge < -0.3 is 9.64 Å². The van der Waals surface area contributed by atoms with Crippen molar-refractivity contribution in [1.29, 1.82) is 0 Å². The van der Waals surface area contributed by atoms with Crippen molar-refractivity contribution in [3.8, 4) is 0 Å². The van der Waals surface area contributed by atoms with Crippen LogP contribution >= 0.6 is 11.3 Å². The lowest BCUT2D eigenvalue weighted by atomic mass is 9.96. The number of fused-ring (bicyclic) bond motifs is 1. The van der Waals surface area contributed by atoms with E-state index in [4.69, 9.17) is 4.74 Å². The fourth-order valence-electron chi connectivity index (χ4n) is 2.96. The Bertz CT molecular complexity index is 736. The van der Waals surface area contributed by atoms with Crippen LogP contribution in [-0.4, -0.2) is 30.9 Å². The van der Waals surface area contributed by atoms with Gasteiger partial charge in [-0.15, -0.1) is 11.3 Å². The topological polar surface area (TPSA) is 46.6 Å². The molecule has 0 saturated heterocycles. The Balaban J connectivity index is 1.86. The highest BCUT2D eigenvalue weighted by Crippen LogP contribution is 2.32. The highest BCUT2D eigenvalue weighted by molar-refractivity contribution is 7.10. The van der Waals surface area contributed by atoms with Gasteiger partial charge in [-0.3, -0.25) is 4.79 Å². The summed E-state index contributed by atoms with van der Waals surface area (Å²) in [7, 11) is 3.33. The molecule has 0 bridgehead atoms. The number of carbonyl (C=O) groups is 2. The van der Waals surface area contributed by atoms with Crippen LogP contribution in [0.3, 0.4) is 0 Å². The lowest BCUT2D eigenvalue weighted by molar-refractivity contribution is -0.138. The number of carbonyl (C=O) groups excluding carboxylic acids is 2. The molecule has 1 aliphatic carbocycles. The molecule has 5 heteroatoms. The zero-order valence-corrected chi connectivity index (χ0v) is 14.8. The molecule has 1 atom stereocenters. The molecule has 0 saturated carbocycles. The van der Waals surface area contributed by atoms with Crippen LogP contribution in [-0.2, 0) is 22.4 Å². The maximum absolute atomic E-state index is 12.7. The highest BCUT2D eigenvalue weighted by Gasteiger charge is 2.29. The Hall–Kier alpha value is -2.14. The third-order valence-corrected chi connectivity index (χ3v) is 5.36. The fraction of sp³-hybridized carbons (Fsp3) is 0.368. The molecule has 126 valence electrons. The predicted octanol–water partition coefficient (Wildman–Crippen LogP) is 3.61. The van der Waals surface area contributed by atoms with Crippen molar-refractivity contribution in [3.05, 3.63) is 57.3 Å². The van der Waals surface area contributed by atoms with E-state index in [1.54, 1.807) is 25.4 Å². The van der Waals surface area contributed by atoms with Gasteiger partial charge in [-0.25, -0.2) is 4.79 Å². The van der Waals surface area contributed by atoms with Crippen LogP contribution in [0, 0.1) is 0 Å². The van der Waals surface area contributed by atoms with E-state index in [0.717, 1.165) is 24.8 Å². The number of aryl methyl sites for hydroxylation is 1. The zero-order valence-electron chi connectivity index (χ0n) is 14.0. The molecule has 4 nitrogen and oxygen atoms in total. The molecular weight excluding hydrogens is 322 g/mol. The summed E-state index contributed by atoms with van der Waals surface area (Å²) >= 11 is 1.62. The maximum atomic E-state index is 12.7. The maximum Gasteiger partial charge on any atom is 0.340 e. The van der Waals surface area contributed by atoms with E-state index in [-0.39, 0.29) is 5.91 Å². The summed E-state index contributed by atoms with van der Waals surface area (Å²) in [5, 5.41) is 1.88. The first-order chi connectivity index (χ1) is 11.6. The van der Waals surface area contributed by atoms with Gasteiger partial charge >= 0.3 is 5.97 Å². The van der Waals surface area contributed by atoms with Crippen molar-refractivity contribution in [2.24, 2.45) is 0 Å². The first kappa shape index (κ1) is 16.7. The Labute approximate surface area is 146 Å². The lowest BCUT2D eigenvalue weighted by Gasteiger charge is -2.21. The van der Waals surface area contributed by atoms with E-state index < -0.39 is 12.1 Å². The number of likely N-dealkylation sites (N-methyl/N-ethyl adjacent to an activating group) is 1. The molecule has 0 aliphatic heterocycles. The number of hydrogen-bond acceptors (Lipinski definition) is 4. The molecule has 0 unspecified atom stereocenters. The Morgan fingerprint density at radius 1 is 1.12 bits per heavy atom. The number of hydrogen-bond donors (Lipinski definition) is 0. The van der Waals surface area contributed by atoms with Crippen molar-refractivity contribution in [2.45, 2.75) is 31.8 Å². The second-order valence-electron chi connectivity index (χ2n) is 6.19. The molecule has 3 rings (SSSR count). The summed E-state index contributed by atoms with van der Waals surface area (Å²) in [6.07, 6.45) is 3.32. The molecule has 2 aromatic rings. The van der Waals surface area contributed by atoms with Crippen LogP contribution in [0.2, 0.25) is 0 Å². The molecule has 1 aliphatic rings. The summed E-state index contributed by atoms with van der Waals surface area (Å²) in [5.74, 6) is -0.642. The standard InChI is InChI=1S/C19H21NO3S/c1-20(2)18(21)17(13-8-4-3-5-9-13)23-19(22)15-12-24-16-11-7-6-10-14(15)16/h3-5,8-9,12,17H,6-7,10-11H2,1-2H3/t17-/m1/s1. The number of ether oxygens (including phenoxy) is 1. The predicted molar refractivity (Wildman–Crippen MR) is 94.3 cm³/mol. The zero-order chi connectivity index (χ0) is 17.1. The van der Waals surface area contributed by atoms with Crippen molar-refractivity contribution in [2.75, 3.05) is 14.1 Å². The first-order valence-corrected chi connectivity index (χ1v) is 9.02. The van der Waals surface area contributed by atoms with Gasteiger partial charge in [0.2, 0.25) is 6.10 Å². The monoisotopic (exact) mass is 343 g/mol. The molecule has 24 heavy (non-hydrogen) atoms. The average Bonchev–Trinajstić information content (AvgIpc) is 3.04. The van der Waals surface area contributed by atoms with Gasteiger partial charge in [0, 0.05) is 29.9 Å². The van der Waals surface area contributed by atoms with Gasteiger partial charge in [-0.1, -0.05) is 30.3 Å². The van der Waals surface area contributed by atoms with Gasteiger partial charge in [0.25, 0.3) is 5.91 Å². The SMILES string of the molecule is CN(C)C(=O)[C@H](OC(=O)c1csc2c1CCCC2)c1ccccc1. The third-order valence-electron chi connectivity index (χ3n) is 4.27. The number of thiophene rings is 1. The van der Waals surface area contributed by atoms with Crippen LogP contribution < -0.4 is 0 Å². The minimum absolute atomic E-state index is 0.237. The molecule has 1 amide bonds. The lowest BCUT2D eigenvalue weighted by Crippen LogP contribution is -2.31. The van der Waals surface area contributed by atoms with Crippen LogP contribution in [0.4, 0.5) is 0 Å². The summed E-state index contributed by atoms with van der Waals surface area (Å²) in [4.78, 5) is 27.9. The number of benzene rings is 1. The van der Waals surface area contributed by atoms with Crippen molar-refractivity contribution in [3.63, 3.8) is 0 Å². The van der Waals surface area contributed by atoms with Crippen LogP contribution in [0.1, 0.15) is 45.3 Å². The Kier molecular flexibility index (Phi) is 5.00. The molecule has 1 aromatic heterocycles. The van der Waals surface area contributed by atoms with E-state index in [1.807, 2.05) is 35.7 Å². The normalized spacial score (nSPS) is 14.6. The second-order valence-corrected chi connectivity index (χ2v) is 7.15. The quantitative estimate of drug-likeness (QED) is 0.797. The van der Waals surface area contributed by atoms with Crippen LogP contribution in [0.25, 0.3) is 0 Å². The molecule has 0 fully saturated rings. The summed E-state index contributed by atoms with van der Waals surface area (Å²) in [6.45, 7) is 0. The van der Waals surface area contributed by atoms with Gasteiger partial charge in [0.05, 0.1) is 5.56 Å². The Morgan fingerprint density at radius 2 is 1.83 bits per heavy atom. The van der Waals surface area contributed by atoms with E-state index in [9.17, 15) is 9.59 Å². The Morgan fingerprint density at radius 3 is 2.54 bits per heavy atom. The number of rotatable bonds is 4. The summed E-state index contributed by atoms with van der Waals surface area (Å²) in [5.41, 5.74) is 2.43. The molecule has 1 aromatic carbocycles. The van der Waals surface area contributed by atoms with E-state index in [0.29, 0.717) is 11.1 Å². The average molecular weight is 343 g/mol. The van der Waals surface area contributed by atoms with Gasteiger partial charge in [0.1, 0.15) is 0 Å². The molecule has 1 heterocycles.